The molecule has 0 amide bonds. The molecule has 27 heavy (non-hydrogen) atoms. The van der Waals surface area contributed by atoms with E-state index in [9.17, 15) is 4.79 Å². The van der Waals surface area contributed by atoms with E-state index in [0.29, 0.717) is 27.4 Å². The van der Waals surface area contributed by atoms with E-state index in [1.165, 1.54) is 11.3 Å². The summed E-state index contributed by atoms with van der Waals surface area (Å²) in [5, 5.41) is 0. The molecule has 0 fully saturated rings. The van der Waals surface area contributed by atoms with Gasteiger partial charge in [0, 0.05) is 5.56 Å². The van der Waals surface area contributed by atoms with E-state index >= 15 is 0 Å². The van der Waals surface area contributed by atoms with E-state index in [2.05, 4.69) is 11.6 Å². The van der Waals surface area contributed by atoms with Crippen LogP contribution in [-0.2, 0) is 6.42 Å². The minimum Gasteiger partial charge on any atom is -0.493 e. The molecule has 0 saturated carbocycles. The number of para-hydroxylation sites is 2. The maximum atomic E-state index is 12.9. The van der Waals surface area contributed by atoms with Gasteiger partial charge in [0.2, 0.25) is 0 Å². The average Bonchev–Trinajstić information content (AvgIpc) is 3.18. The van der Waals surface area contributed by atoms with Crippen molar-refractivity contribution >= 4 is 33.4 Å². The lowest BCUT2D eigenvalue weighted by Gasteiger charge is -2.13. The Kier molecular flexibility index (Phi) is 4.41. The molecule has 4 rings (SSSR count). The highest BCUT2D eigenvalue weighted by Crippen LogP contribution is 2.33. The van der Waals surface area contributed by atoms with Gasteiger partial charge >= 0.3 is 0 Å². The fourth-order valence-electron chi connectivity index (χ4n) is 3.22. The highest BCUT2D eigenvalue weighted by Gasteiger charge is 2.13. The summed E-state index contributed by atoms with van der Waals surface area (Å²) >= 11 is 1.38. The van der Waals surface area contributed by atoms with Crippen LogP contribution in [0.15, 0.2) is 53.8 Å². The van der Waals surface area contributed by atoms with E-state index in [0.717, 1.165) is 22.2 Å². The van der Waals surface area contributed by atoms with Crippen LogP contribution in [0.25, 0.3) is 22.1 Å². The minimum atomic E-state index is -0.0660. The first-order valence-electron chi connectivity index (χ1n) is 8.43. The van der Waals surface area contributed by atoms with Crippen LogP contribution >= 0.6 is 11.3 Å². The molecule has 0 unspecified atom stereocenters. The molecule has 5 nitrogen and oxygen atoms in total. The molecule has 0 aliphatic carbocycles. The molecule has 2 aromatic carbocycles. The van der Waals surface area contributed by atoms with E-state index in [-0.39, 0.29) is 5.56 Å². The Labute approximate surface area is 159 Å². The van der Waals surface area contributed by atoms with Crippen LogP contribution in [0.1, 0.15) is 11.1 Å². The number of hydrogen-bond donors (Lipinski definition) is 0. The lowest BCUT2D eigenvalue weighted by atomic mass is 10.1. The van der Waals surface area contributed by atoms with E-state index < -0.39 is 0 Å². The summed E-state index contributed by atoms with van der Waals surface area (Å²) in [6.45, 7) is 3.80. The summed E-state index contributed by atoms with van der Waals surface area (Å²) in [5.74, 6) is 1.31. The number of thiazole rings is 1. The van der Waals surface area contributed by atoms with E-state index in [1.807, 2.05) is 48.6 Å². The van der Waals surface area contributed by atoms with Gasteiger partial charge in [0.05, 0.1) is 29.8 Å². The number of fused-ring (bicyclic) bond motifs is 3. The normalized spacial score (nSPS) is 12.0. The van der Waals surface area contributed by atoms with Crippen LogP contribution in [0.3, 0.4) is 0 Å². The summed E-state index contributed by atoms with van der Waals surface area (Å²) in [7, 11) is 3.21. The van der Waals surface area contributed by atoms with Crippen LogP contribution in [0.2, 0.25) is 0 Å². The number of nitrogens with zero attached hydrogens (tertiary/aromatic N) is 2. The fourth-order valence-corrected chi connectivity index (χ4v) is 4.21. The van der Waals surface area contributed by atoms with Crippen molar-refractivity contribution in [1.82, 2.24) is 9.38 Å². The predicted octanol–water partition coefficient (Wildman–Crippen LogP) is 3.20. The number of aromatic nitrogens is 2. The topological polar surface area (TPSA) is 52.8 Å². The number of ether oxygens (including phenoxy) is 2. The van der Waals surface area contributed by atoms with Crippen molar-refractivity contribution in [1.29, 1.82) is 0 Å². The third kappa shape index (κ3) is 2.88. The third-order valence-electron chi connectivity index (χ3n) is 4.39. The molecule has 6 heteroatoms. The first-order chi connectivity index (χ1) is 13.2. The summed E-state index contributed by atoms with van der Waals surface area (Å²) in [5.41, 5.74) is 3.41. The molecule has 0 aliphatic rings. The summed E-state index contributed by atoms with van der Waals surface area (Å²) < 4.78 is 13.2. The van der Waals surface area contributed by atoms with Gasteiger partial charge in [0.15, 0.2) is 16.5 Å². The van der Waals surface area contributed by atoms with Gasteiger partial charge in [-0.1, -0.05) is 29.5 Å². The van der Waals surface area contributed by atoms with Crippen LogP contribution in [0, 0.1) is 0 Å². The van der Waals surface area contributed by atoms with Gasteiger partial charge in [-0.25, -0.2) is 9.38 Å². The number of methoxy groups -OCH3 is 2. The zero-order valence-electron chi connectivity index (χ0n) is 15.1. The summed E-state index contributed by atoms with van der Waals surface area (Å²) in [6.07, 6.45) is 4.32. The van der Waals surface area contributed by atoms with Crippen molar-refractivity contribution in [3.05, 3.63) is 75.1 Å². The molecular weight excluding hydrogens is 360 g/mol. The van der Waals surface area contributed by atoms with Crippen molar-refractivity contribution < 1.29 is 9.47 Å². The molecule has 0 saturated heterocycles. The second kappa shape index (κ2) is 6.89. The Balaban J connectivity index is 1.93. The van der Waals surface area contributed by atoms with Gasteiger partial charge in [-0.05, 0) is 42.3 Å². The van der Waals surface area contributed by atoms with Crippen LogP contribution in [-0.4, -0.2) is 23.6 Å². The van der Waals surface area contributed by atoms with Gasteiger partial charge in [0.25, 0.3) is 5.56 Å². The van der Waals surface area contributed by atoms with E-state index in [1.54, 1.807) is 18.6 Å². The zero-order valence-corrected chi connectivity index (χ0v) is 15.9. The second-order valence-corrected chi connectivity index (χ2v) is 7.05. The molecule has 4 aromatic rings. The molecule has 0 N–H and O–H groups in total. The average molecular weight is 378 g/mol. The maximum absolute atomic E-state index is 12.9. The fraction of sp³-hybridized carbons (Fsp3) is 0.143. The monoisotopic (exact) mass is 378 g/mol. The Morgan fingerprint density at radius 1 is 1.22 bits per heavy atom. The highest BCUT2D eigenvalue weighted by molar-refractivity contribution is 7.15. The molecule has 0 spiro atoms. The van der Waals surface area contributed by atoms with Crippen LogP contribution in [0.4, 0.5) is 0 Å². The Morgan fingerprint density at radius 2 is 2.04 bits per heavy atom. The van der Waals surface area contributed by atoms with Crippen molar-refractivity contribution in [2.24, 2.45) is 0 Å². The molecule has 2 aromatic heterocycles. The number of rotatable bonds is 5. The van der Waals surface area contributed by atoms with Gasteiger partial charge in [-0.2, -0.15) is 0 Å². The van der Waals surface area contributed by atoms with Crippen molar-refractivity contribution in [2.45, 2.75) is 6.42 Å². The quantitative estimate of drug-likeness (QED) is 0.501. The van der Waals surface area contributed by atoms with Gasteiger partial charge < -0.3 is 9.47 Å². The third-order valence-corrected chi connectivity index (χ3v) is 5.35. The number of imidazole rings is 1. The molecule has 0 aliphatic heterocycles. The van der Waals surface area contributed by atoms with Crippen molar-refractivity contribution in [2.75, 3.05) is 14.2 Å². The van der Waals surface area contributed by atoms with Crippen molar-refractivity contribution in [3.8, 4) is 11.5 Å². The predicted molar refractivity (Wildman–Crippen MR) is 109 cm³/mol. The Hall–Kier alpha value is -3.12. The van der Waals surface area contributed by atoms with Gasteiger partial charge in [0.1, 0.15) is 0 Å². The van der Waals surface area contributed by atoms with Gasteiger partial charge in [-0.15, -0.1) is 6.58 Å². The Morgan fingerprint density at radius 3 is 2.78 bits per heavy atom. The summed E-state index contributed by atoms with van der Waals surface area (Å²) in [4.78, 5) is 18.2. The zero-order chi connectivity index (χ0) is 19.0. The molecule has 0 atom stereocenters. The van der Waals surface area contributed by atoms with Crippen molar-refractivity contribution in [3.63, 3.8) is 0 Å². The van der Waals surface area contributed by atoms with Gasteiger partial charge in [-0.3, -0.25) is 4.79 Å². The summed E-state index contributed by atoms with van der Waals surface area (Å²) in [6, 6.07) is 11.5. The molecular formula is C21H18N2O3S. The first-order valence-corrected chi connectivity index (χ1v) is 9.25. The standard InChI is InChI=1S/C21H18N2O3S/c1-4-7-14-10-13(11-17(25-2)19(14)26-3)12-18-20(24)23-16-9-6-5-8-15(16)22-21(23)27-18/h4-6,8-12H,1,7H2,2-3H3. The smallest absolute Gasteiger partial charge is 0.274 e. The number of hydrogen-bond acceptors (Lipinski definition) is 5. The lowest BCUT2D eigenvalue weighted by molar-refractivity contribution is 0.352. The molecule has 136 valence electrons. The molecule has 2 heterocycles. The second-order valence-electron chi connectivity index (χ2n) is 6.04. The largest absolute Gasteiger partial charge is 0.493 e. The SMILES string of the molecule is C=CCc1cc(C=c2sc3nc4ccccc4n3c2=O)cc(OC)c1OC. The lowest BCUT2D eigenvalue weighted by Crippen LogP contribution is -2.22. The molecule has 0 bridgehead atoms. The minimum absolute atomic E-state index is 0.0660. The van der Waals surface area contributed by atoms with E-state index in [4.69, 9.17) is 9.47 Å². The maximum Gasteiger partial charge on any atom is 0.274 e. The number of allylic oxidation sites excluding steroid dienone is 1. The number of benzene rings is 2. The highest BCUT2D eigenvalue weighted by atomic mass is 32.1. The van der Waals surface area contributed by atoms with Crippen LogP contribution < -0.4 is 19.6 Å². The van der Waals surface area contributed by atoms with Crippen LogP contribution in [0.5, 0.6) is 11.5 Å². The Bertz CT molecular complexity index is 1270. The first kappa shape index (κ1) is 17.3. The molecule has 0 radical (unpaired) electrons.